The van der Waals surface area contributed by atoms with Crippen LogP contribution in [0.25, 0.3) is 0 Å². The molecule has 3 rings (SSSR count). The van der Waals surface area contributed by atoms with Crippen LogP contribution in [0.1, 0.15) is 31.7 Å². The first-order chi connectivity index (χ1) is 11.6. The molecule has 24 heavy (non-hydrogen) atoms. The van der Waals surface area contributed by atoms with Crippen molar-refractivity contribution in [2.45, 2.75) is 26.2 Å². The summed E-state index contributed by atoms with van der Waals surface area (Å²) >= 11 is 0. The quantitative estimate of drug-likeness (QED) is 0.841. The van der Waals surface area contributed by atoms with Crippen LogP contribution < -0.4 is 5.32 Å². The van der Waals surface area contributed by atoms with Gasteiger partial charge in [0, 0.05) is 51.9 Å². The molecule has 2 fully saturated rings. The van der Waals surface area contributed by atoms with Gasteiger partial charge in [-0.05, 0) is 31.0 Å². The van der Waals surface area contributed by atoms with Crippen molar-refractivity contribution in [3.8, 4) is 0 Å². The number of carbonyl (C=O) groups is 1. The van der Waals surface area contributed by atoms with Crippen molar-refractivity contribution < 1.29 is 4.79 Å². The molecule has 2 aliphatic heterocycles. The summed E-state index contributed by atoms with van der Waals surface area (Å²) in [5, 5.41) is 7.68. The third kappa shape index (κ3) is 3.64. The van der Waals surface area contributed by atoms with Gasteiger partial charge in [-0.15, -0.1) is 0 Å². The third-order valence-corrected chi connectivity index (χ3v) is 5.69. The molecule has 1 amide bonds. The van der Waals surface area contributed by atoms with Gasteiger partial charge in [0.05, 0.1) is 12.1 Å². The van der Waals surface area contributed by atoms with Gasteiger partial charge in [0.2, 0.25) is 5.91 Å². The van der Waals surface area contributed by atoms with Crippen molar-refractivity contribution >= 4 is 5.91 Å². The van der Waals surface area contributed by atoms with Crippen molar-refractivity contribution in [1.29, 1.82) is 0 Å². The lowest BCUT2D eigenvalue weighted by Gasteiger charge is -2.25. The van der Waals surface area contributed by atoms with Gasteiger partial charge in [-0.25, -0.2) is 0 Å². The number of amides is 1. The minimum Gasteiger partial charge on any atom is -0.342 e. The molecule has 2 saturated heterocycles. The fourth-order valence-electron chi connectivity index (χ4n) is 4.18. The summed E-state index contributed by atoms with van der Waals surface area (Å²) in [6.45, 7) is 11.2. The molecule has 1 unspecified atom stereocenters. The molecule has 3 atom stereocenters. The molecule has 3 heterocycles. The molecule has 1 aromatic heterocycles. The van der Waals surface area contributed by atoms with E-state index in [4.69, 9.17) is 0 Å². The second-order valence-electron chi connectivity index (χ2n) is 7.24. The van der Waals surface area contributed by atoms with Crippen LogP contribution in [-0.4, -0.2) is 71.3 Å². The van der Waals surface area contributed by atoms with Crippen LogP contribution in [0.2, 0.25) is 0 Å². The van der Waals surface area contributed by atoms with Crippen LogP contribution in [0.5, 0.6) is 0 Å². The lowest BCUT2D eigenvalue weighted by atomic mass is 9.90. The van der Waals surface area contributed by atoms with Crippen LogP contribution in [0.15, 0.2) is 12.4 Å². The van der Waals surface area contributed by atoms with Crippen LogP contribution in [0.4, 0.5) is 0 Å². The molecule has 0 bridgehead atoms. The Bertz CT molecular complexity index is 553. The lowest BCUT2D eigenvalue weighted by Crippen LogP contribution is -2.38. The van der Waals surface area contributed by atoms with E-state index in [1.54, 1.807) is 0 Å². The normalized spacial score (nSPS) is 27.3. The molecule has 2 aliphatic rings. The molecule has 0 saturated carbocycles. The van der Waals surface area contributed by atoms with E-state index in [9.17, 15) is 4.79 Å². The molecule has 6 heteroatoms. The van der Waals surface area contributed by atoms with Crippen LogP contribution in [-0.2, 0) is 11.8 Å². The van der Waals surface area contributed by atoms with Crippen molar-refractivity contribution in [2.75, 3.05) is 45.8 Å². The van der Waals surface area contributed by atoms with Gasteiger partial charge in [0.1, 0.15) is 0 Å². The van der Waals surface area contributed by atoms with Gasteiger partial charge in [-0.2, -0.15) is 5.10 Å². The van der Waals surface area contributed by atoms with Crippen molar-refractivity contribution in [3.05, 3.63) is 18.0 Å². The molecular formula is C18H31N5O. The van der Waals surface area contributed by atoms with Gasteiger partial charge in [0.25, 0.3) is 0 Å². The van der Waals surface area contributed by atoms with Gasteiger partial charge < -0.3 is 15.1 Å². The first kappa shape index (κ1) is 17.4. The molecule has 0 aliphatic carbocycles. The Morgan fingerprint density at radius 3 is 2.83 bits per heavy atom. The second kappa shape index (κ2) is 7.66. The highest BCUT2D eigenvalue weighted by molar-refractivity contribution is 5.81. The smallest absolute Gasteiger partial charge is 0.227 e. The van der Waals surface area contributed by atoms with Gasteiger partial charge >= 0.3 is 0 Å². The third-order valence-electron chi connectivity index (χ3n) is 5.69. The molecule has 1 aromatic rings. The van der Waals surface area contributed by atoms with Crippen LogP contribution in [0.3, 0.4) is 0 Å². The van der Waals surface area contributed by atoms with E-state index in [0.717, 1.165) is 52.2 Å². The second-order valence-corrected chi connectivity index (χ2v) is 7.24. The average molecular weight is 333 g/mol. The number of aryl methyl sites for hydroxylation is 1. The zero-order valence-corrected chi connectivity index (χ0v) is 15.2. The Morgan fingerprint density at radius 2 is 2.17 bits per heavy atom. The number of nitrogens with zero attached hydrogens (tertiary/aromatic N) is 4. The van der Waals surface area contributed by atoms with Crippen molar-refractivity contribution in [2.24, 2.45) is 18.9 Å². The summed E-state index contributed by atoms with van der Waals surface area (Å²) in [6, 6.07) is 0. The predicted molar refractivity (Wildman–Crippen MR) is 94.8 cm³/mol. The van der Waals surface area contributed by atoms with Gasteiger partial charge in [0.15, 0.2) is 0 Å². The van der Waals surface area contributed by atoms with E-state index >= 15 is 0 Å². The monoisotopic (exact) mass is 333 g/mol. The SMILES string of the molecule is CCN(CC)CC1CCN(C(=O)[C@H]2CNC[C@@H]2c2cnn(C)c2)C1. The number of likely N-dealkylation sites (tertiary alicyclic amines) is 1. The van der Waals surface area contributed by atoms with E-state index < -0.39 is 0 Å². The number of rotatable bonds is 6. The van der Waals surface area contributed by atoms with Crippen molar-refractivity contribution in [3.63, 3.8) is 0 Å². The van der Waals surface area contributed by atoms with E-state index in [0.29, 0.717) is 11.8 Å². The van der Waals surface area contributed by atoms with Gasteiger partial charge in [-0.1, -0.05) is 13.8 Å². The maximum atomic E-state index is 13.1. The fraction of sp³-hybridized carbons (Fsp3) is 0.778. The number of nitrogens with one attached hydrogen (secondary N) is 1. The zero-order chi connectivity index (χ0) is 17.1. The maximum Gasteiger partial charge on any atom is 0.227 e. The van der Waals surface area contributed by atoms with E-state index in [-0.39, 0.29) is 11.8 Å². The Balaban J connectivity index is 1.60. The first-order valence-corrected chi connectivity index (χ1v) is 9.32. The van der Waals surface area contributed by atoms with Crippen LogP contribution in [0, 0.1) is 11.8 Å². The Hall–Kier alpha value is -1.40. The van der Waals surface area contributed by atoms with Gasteiger partial charge in [-0.3, -0.25) is 9.48 Å². The minimum atomic E-state index is 0.0569. The summed E-state index contributed by atoms with van der Waals surface area (Å²) in [4.78, 5) is 17.6. The average Bonchev–Trinajstić information content (AvgIpc) is 3.31. The first-order valence-electron chi connectivity index (χ1n) is 9.32. The Morgan fingerprint density at radius 1 is 1.38 bits per heavy atom. The predicted octanol–water partition coefficient (Wildman–Crippen LogP) is 0.913. The van der Waals surface area contributed by atoms with E-state index in [1.807, 2.05) is 24.1 Å². The molecule has 0 spiro atoms. The highest BCUT2D eigenvalue weighted by atomic mass is 16.2. The summed E-state index contributed by atoms with van der Waals surface area (Å²) < 4.78 is 1.82. The number of hydrogen-bond acceptors (Lipinski definition) is 4. The topological polar surface area (TPSA) is 53.4 Å². The Labute approximate surface area is 145 Å². The number of aromatic nitrogens is 2. The molecule has 0 radical (unpaired) electrons. The molecular weight excluding hydrogens is 302 g/mol. The Kier molecular flexibility index (Phi) is 5.56. The summed E-state index contributed by atoms with van der Waals surface area (Å²) in [6.07, 6.45) is 5.09. The standard InChI is InChI=1S/C18H31N5O/c1-4-22(5-2)11-14-6-7-23(12-14)18(24)17-10-19-9-16(17)15-8-20-21(3)13-15/h8,13-14,16-17,19H,4-7,9-12H2,1-3H3/t14?,16-,17+/m1/s1. The summed E-state index contributed by atoms with van der Waals surface area (Å²) in [5.74, 6) is 1.27. The zero-order valence-electron chi connectivity index (χ0n) is 15.2. The maximum absolute atomic E-state index is 13.1. The number of carbonyl (C=O) groups excluding carboxylic acids is 1. The molecule has 134 valence electrons. The fourth-order valence-corrected chi connectivity index (χ4v) is 4.18. The van der Waals surface area contributed by atoms with Crippen molar-refractivity contribution in [1.82, 2.24) is 24.9 Å². The minimum absolute atomic E-state index is 0.0569. The summed E-state index contributed by atoms with van der Waals surface area (Å²) in [5.41, 5.74) is 1.18. The summed E-state index contributed by atoms with van der Waals surface area (Å²) in [7, 11) is 1.93. The molecule has 1 N–H and O–H groups in total. The van der Waals surface area contributed by atoms with E-state index in [1.165, 1.54) is 5.56 Å². The molecule has 6 nitrogen and oxygen atoms in total. The van der Waals surface area contributed by atoms with Crippen LogP contribution >= 0.6 is 0 Å². The largest absolute Gasteiger partial charge is 0.342 e. The van der Waals surface area contributed by atoms with E-state index in [2.05, 4.69) is 34.1 Å². The lowest BCUT2D eigenvalue weighted by molar-refractivity contribution is -0.134. The number of hydrogen-bond donors (Lipinski definition) is 1. The highest BCUT2D eigenvalue weighted by Crippen LogP contribution is 2.31. The molecule has 0 aromatic carbocycles. The highest BCUT2D eigenvalue weighted by Gasteiger charge is 2.39.